The second-order valence-electron chi connectivity index (χ2n) is 5.12. The van der Waals surface area contributed by atoms with Crippen LogP contribution in [0, 0.1) is 0 Å². The van der Waals surface area contributed by atoms with Crippen molar-refractivity contribution in [2.24, 2.45) is 0 Å². The van der Waals surface area contributed by atoms with E-state index in [1.807, 2.05) is 30.6 Å². The Morgan fingerprint density at radius 2 is 1.38 bits per heavy atom. The monoisotopic (exact) mass is 274 g/mol. The maximum atomic E-state index is 4.06. The summed E-state index contributed by atoms with van der Waals surface area (Å²) in [6.07, 6.45) is 3.65. The molecule has 2 heteroatoms. The van der Waals surface area contributed by atoms with Gasteiger partial charge in [0.2, 0.25) is 0 Å². The highest BCUT2D eigenvalue weighted by atomic mass is 15.1. The van der Waals surface area contributed by atoms with Crippen molar-refractivity contribution in [3.8, 4) is 11.1 Å². The van der Waals surface area contributed by atoms with Gasteiger partial charge in [-0.1, -0.05) is 42.5 Å². The zero-order chi connectivity index (χ0) is 14.5. The van der Waals surface area contributed by atoms with Crippen molar-refractivity contribution in [3.05, 3.63) is 84.7 Å². The second-order valence-corrected chi connectivity index (χ2v) is 5.12. The molecule has 1 heterocycles. The van der Waals surface area contributed by atoms with Crippen LogP contribution < -0.4 is 4.90 Å². The molecule has 3 aromatic rings. The third-order valence-electron chi connectivity index (χ3n) is 3.58. The fourth-order valence-corrected chi connectivity index (χ4v) is 2.40. The van der Waals surface area contributed by atoms with E-state index in [-0.39, 0.29) is 0 Å². The minimum atomic E-state index is 0.912. The molecular formula is C19H18N2. The van der Waals surface area contributed by atoms with E-state index in [1.165, 1.54) is 22.4 Å². The van der Waals surface area contributed by atoms with E-state index in [4.69, 9.17) is 0 Å². The van der Waals surface area contributed by atoms with Crippen LogP contribution in [-0.2, 0) is 6.54 Å². The lowest BCUT2D eigenvalue weighted by molar-refractivity contribution is 0.923. The molecule has 0 amide bonds. The summed E-state index contributed by atoms with van der Waals surface area (Å²) in [6, 6.07) is 23.2. The third kappa shape index (κ3) is 3.29. The predicted octanol–water partition coefficient (Wildman–Crippen LogP) is 4.39. The molecule has 0 aliphatic carbocycles. The minimum absolute atomic E-state index is 0.912. The smallest absolute Gasteiger partial charge is 0.0426 e. The van der Waals surface area contributed by atoms with Crippen molar-refractivity contribution >= 4 is 5.69 Å². The second kappa shape index (κ2) is 6.23. The summed E-state index contributed by atoms with van der Waals surface area (Å²) < 4.78 is 0. The Hall–Kier alpha value is -2.61. The summed E-state index contributed by atoms with van der Waals surface area (Å²) in [4.78, 5) is 6.31. The van der Waals surface area contributed by atoms with E-state index < -0.39 is 0 Å². The Morgan fingerprint density at radius 1 is 0.762 bits per heavy atom. The first-order chi connectivity index (χ1) is 10.3. The Morgan fingerprint density at radius 3 is 2.05 bits per heavy atom. The summed E-state index contributed by atoms with van der Waals surface area (Å²) in [5.41, 5.74) is 4.95. The molecule has 21 heavy (non-hydrogen) atoms. The standard InChI is InChI=1S/C19H18N2/c1-21(15-16-5-3-2-4-6-16)19-9-7-17(8-10-19)18-11-13-20-14-12-18/h2-14H,15H2,1H3. The number of hydrogen-bond acceptors (Lipinski definition) is 2. The Kier molecular flexibility index (Phi) is 3.97. The molecule has 2 aromatic carbocycles. The number of aromatic nitrogens is 1. The van der Waals surface area contributed by atoms with Crippen LogP contribution in [0.1, 0.15) is 5.56 Å². The molecular weight excluding hydrogens is 256 g/mol. The van der Waals surface area contributed by atoms with Crippen molar-refractivity contribution in [2.75, 3.05) is 11.9 Å². The zero-order valence-corrected chi connectivity index (χ0v) is 12.1. The van der Waals surface area contributed by atoms with E-state index in [9.17, 15) is 0 Å². The Bertz CT molecular complexity index is 676. The van der Waals surface area contributed by atoms with Crippen LogP contribution in [0.3, 0.4) is 0 Å². The molecule has 0 bridgehead atoms. The van der Waals surface area contributed by atoms with Crippen LogP contribution in [-0.4, -0.2) is 12.0 Å². The molecule has 0 saturated carbocycles. The van der Waals surface area contributed by atoms with Gasteiger partial charge in [0.15, 0.2) is 0 Å². The van der Waals surface area contributed by atoms with Gasteiger partial charge < -0.3 is 4.90 Å². The van der Waals surface area contributed by atoms with Crippen molar-refractivity contribution in [1.82, 2.24) is 4.98 Å². The van der Waals surface area contributed by atoms with Crippen LogP contribution in [0.15, 0.2) is 79.1 Å². The highest BCUT2D eigenvalue weighted by molar-refractivity contribution is 5.65. The molecule has 0 spiro atoms. The molecule has 104 valence electrons. The average molecular weight is 274 g/mol. The van der Waals surface area contributed by atoms with E-state index >= 15 is 0 Å². The first-order valence-corrected chi connectivity index (χ1v) is 7.08. The summed E-state index contributed by atoms with van der Waals surface area (Å²) in [7, 11) is 2.12. The fraction of sp³-hybridized carbons (Fsp3) is 0.105. The lowest BCUT2D eigenvalue weighted by Gasteiger charge is -2.19. The largest absolute Gasteiger partial charge is 0.370 e. The van der Waals surface area contributed by atoms with Gasteiger partial charge in [-0.15, -0.1) is 0 Å². The molecule has 0 fully saturated rings. The number of pyridine rings is 1. The van der Waals surface area contributed by atoms with Gasteiger partial charge >= 0.3 is 0 Å². The molecule has 0 N–H and O–H groups in total. The number of benzene rings is 2. The number of anilines is 1. The molecule has 0 atom stereocenters. The Labute approximate surface area is 125 Å². The molecule has 0 aliphatic heterocycles. The maximum absolute atomic E-state index is 4.06. The van der Waals surface area contributed by atoms with Gasteiger partial charge in [0.05, 0.1) is 0 Å². The third-order valence-corrected chi connectivity index (χ3v) is 3.58. The van der Waals surface area contributed by atoms with Crippen LogP contribution in [0.4, 0.5) is 5.69 Å². The first-order valence-electron chi connectivity index (χ1n) is 7.08. The number of nitrogens with zero attached hydrogens (tertiary/aromatic N) is 2. The number of rotatable bonds is 4. The van der Waals surface area contributed by atoms with Gasteiger partial charge in [0, 0.05) is 31.7 Å². The highest BCUT2D eigenvalue weighted by Crippen LogP contribution is 2.22. The molecule has 0 radical (unpaired) electrons. The molecule has 3 rings (SSSR count). The van der Waals surface area contributed by atoms with Crippen LogP contribution >= 0.6 is 0 Å². The normalized spacial score (nSPS) is 10.3. The molecule has 2 nitrogen and oxygen atoms in total. The summed E-state index contributed by atoms with van der Waals surface area (Å²) in [6.45, 7) is 0.912. The van der Waals surface area contributed by atoms with Crippen molar-refractivity contribution < 1.29 is 0 Å². The van der Waals surface area contributed by atoms with E-state index in [1.54, 1.807) is 0 Å². The first kappa shape index (κ1) is 13.4. The lowest BCUT2D eigenvalue weighted by Crippen LogP contribution is -2.15. The van der Waals surface area contributed by atoms with Gasteiger partial charge in [-0.25, -0.2) is 0 Å². The lowest BCUT2D eigenvalue weighted by atomic mass is 10.1. The van der Waals surface area contributed by atoms with Gasteiger partial charge in [-0.05, 0) is 41.0 Å². The van der Waals surface area contributed by atoms with Gasteiger partial charge in [0.1, 0.15) is 0 Å². The summed E-state index contributed by atoms with van der Waals surface area (Å²) in [5, 5.41) is 0. The minimum Gasteiger partial charge on any atom is -0.370 e. The van der Waals surface area contributed by atoms with Crippen LogP contribution in [0.5, 0.6) is 0 Å². The Balaban J connectivity index is 1.75. The predicted molar refractivity (Wildman–Crippen MR) is 88.2 cm³/mol. The molecule has 0 unspecified atom stereocenters. The van der Waals surface area contributed by atoms with Crippen LogP contribution in [0.25, 0.3) is 11.1 Å². The molecule has 0 saturated heterocycles. The van der Waals surface area contributed by atoms with E-state index in [0.717, 1.165) is 6.54 Å². The average Bonchev–Trinajstić information content (AvgIpc) is 2.57. The SMILES string of the molecule is CN(Cc1ccccc1)c1ccc(-c2ccncc2)cc1. The van der Waals surface area contributed by atoms with Crippen molar-refractivity contribution in [1.29, 1.82) is 0 Å². The maximum Gasteiger partial charge on any atom is 0.0426 e. The quantitative estimate of drug-likeness (QED) is 0.701. The van der Waals surface area contributed by atoms with Gasteiger partial charge in [0.25, 0.3) is 0 Å². The van der Waals surface area contributed by atoms with Gasteiger partial charge in [-0.2, -0.15) is 0 Å². The van der Waals surface area contributed by atoms with E-state index in [0.29, 0.717) is 0 Å². The zero-order valence-electron chi connectivity index (χ0n) is 12.1. The van der Waals surface area contributed by atoms with Gasteiger partial charge in [-0.3, -0.25) is 4.98 Å². The van der Waals surface area contributed by atoms with Crippen molar-refractivity contribution in [3.63, 3.8) is 0 Å². The topological polar surface area (TPSA) is 16.1 Å². The van der Waals surface area contributed by atoms with Crippen molar-refractivity contribution in [2.45, 2.75) is 6.54 Å². The highest BCUT2D eigenvalue weighted by Gasteiger charge is 2.03. The molecule has 1 aromatic heterocycles. The molecule has 0 aliphatic rings. The summed E-state index contributed by atoms with van der Waals surface area (Å²) >= 11 is 0. The summed E-state index contributed by atoms with van der Waals surface area (Å²) in [5.74, 6) is 0. The van der Waals surface area contributed by atoms with Crippen LogP contribution in [0.2, 0.25) is 0 Å². The van der Waals surface area contributed by atoms with E-state index in [2.05, 4.69) is 65.5 Å². The number of hydrogen-bond donors (Lipinski definition) is 0. The fourth-order valence-electron chi connectivity index (χ4n) is 2.40.